The van der Waals surface area contributed by atoms with Crippen molar-refractivity contribution in [2.45, 2.75) is 121 Å². The second kappa shape index (κ2) is 24.9. The first-order chi connectivity index (χ1) is 32.1. The summed E-state index contributed by atoms with van der Waals surface area (Å²) in [5, 5.41) is 28.7. The molecule has 2 fully saturated rings. The second-order valence-electron chi connectivity index (χ2n) is 16.7. The maximum absolute atomic E-state index is 14.8. The maximum Gasteiger partial charge on any atom is 0.305 e. The number of esters is 2. The molecule has 1 aromatic heterocycles. The van der Waals surface area contributed by atoms with E-state index in [-0.39, 0.29) is 25.8 Å². The molecule has 2 aliphatic heterocycles. The number of H-pyrrole nitrogens is 1. The van der Waals surface area contributed by atoms with E-state index in [2.05, 4.69) is 42.2 Å². The minimum Gasteiger partial charge on any atom is -0.481 e. The minimum atomic E-state index is -1.73. The van der Waals surface area contributed by atoms with Gasteiger partial charge in [0, 0.05) is 43.6 Å². The van der Waals surface area contributed by atoms with Gasteiger partial charge in [0.25, 0.3) is 0 Å². The summed E-state index contributed by atoms with van der Waals surface area (Å²) in [5.41, 5.74) is 1.33. The molecule has 2 aromatic rings. The van der Waals surface area contributed by atoms with E-state index >= 15 is 0 Å². The van der Waals surface area contributed by atoms with Crippen molar-refractivity contribution in [1.82, 2.24) is 47.1 Å². The second-order valence-corrected chi connectivity index (χ2v) is 17.6. The molecule has 1 unspecified atom stereocenters. The highest BCUT2D eigenvalue weighted by molar-refractivity contribution is 7.98. The number of para-hydroxylation sites is 1. The zero-order valence-electron chi connectivity index (χ0n) is 39.0. The Labute approximate surface area is 396 Å². The van der Waals surface area contributed by atoms with Gasteiger partial charge in [0.2, 0.25) is 47.3 Å². The molecule has 0 radical (unpaired) electrons. The van der Waals surface area contributed by atoms with Gasteiger partial charge in [-0.3, -0.25) is 52.7 Å². The molecule has 8 amide bonds. The standard InChI is InChI=1S/C44H61N9O14S/c1-8-21(2)36-41(63)46-18-33(56)47-23(4)38(60)49-30(17-35(58)59)44(65)53-15-11-14-31(53)40(62)52-37(22(3)32(67-25(6)55)20-66-24(5)54)42(64)48-29(39(61)45-19-34(57)51-36)16-27-26-12-9-10-13-28(26)50-43(27)68-7/h9-10,12-13,21-23,29-32,36-37,50H,8,11,14-20H2,1-7H3,(H,45,61)(H,46,63)(H,47,56)(H,48,64)(H,49,60)(H,51,57)(H,52,62)(H,58,59)/t21-,22-,23-,29-,30?,31-,32+,36-,37-/m0/s1. The van der Waals surface area contributed by atoms with Gasteiger partial charge in [0.1, 0.15) is 49.0 Å². The van der Waals surface area contributed by atoms with Gasteiger partial charge in [-0.1, -0.05) is 45.4 Å². The number of aliphatic carboxylic acids is 1. The molecule has 0 bridgehead atoms. The highest BCUT2D eigenvalue weighted by atomic mass is 32.2. The molecular weight excluding hydrogens is 911 g/mol. The van der Waals surface area contributed by atoms with Crippen LogP contribution in [0.15, 0.2) is 29.3 Å². The number of nitrogens with zero attached hydrogens (tertiary/aromatic N) is 1. The molecule has 9 N–H and O–H groups in total. The van der Waals surface area contributed by atoms with Crippen molar-refractivity contribution >= 4 is 87.8 Å². The smallest absolute Gasteiger partial charge is 0.305 e. The molecule has 2 saturated heterocycles. The fourth-order valence-corrected chi connectivity index (χ4v) is 8.51. The van der Waals surface area contributed by atoms with Crippen molar-refractivity contribution < 1.29 is 67.3 Å². The summed E-state index contributed by atoms with van der Waals surface area (Å²) >= 11 is 1.34. The lowest BCUT2D eigenvalue weighted by atomic mass is 9.93. The Hall–Kier alpha value is -6.72. The van der Waals surface area contributed by atoms with E-state index in [1.165, 1.54) is 25.6 Å². The molecule has 24 heteroatoms. The largest absolute Gasteiger partial charge is 0.481 e. The van der Waals surface area contributed by atoms with Crippen molar-refractivity contribution in [3.8, 4) is 0 Å². The third-order valence-electron chi connectivity index (χ3n) is 11.7. The number of fused-ring (bicyclic) bond motifs is 2. The fourth-order valence-electron chi connectivity index (χ4n) is 7.86. The number of benzene rings is 1. The zero-order chi connectivity index (χ0) is 50.4. The Morgan fingerprint density at radius 1 is 0.809 bits per heavy atom. The highest BCUT2D eigenvalue weighted by Gasteiger charge is 2.43. The zero-order valence-corrected chi connectivity index (χ0v) is 39.8. The van der Waals surface area contributed by atoms with Crippen LogP contribution in [-0.2, 0) is 68.6 Å². The molecule has 0 saturated carbocycles. The van der Waals surface area contributed by atoms with E-state index in [0.717, 1.165) is 24.3 Å². The topological polar surface area (TPSA) is 330 Å². The summed E-state index contributed by atoms with van der Waals surface area (Å²) in [6.45, 7) is 6.35. The lowest BCUT2D eigenvalue weighted by Gasteiger charge is -2.33. The molecule has 3 heterocycles. The van der Waals surface area contributed by atoms with Gasteiger partial charge in [-0.05, 0) is 43.6 Å². The average Bonchev–Trinajstić information content (AvgIpc) is 3.93. The molecular formula is C44H61N9O14S. The van der Waals surface area contributed by atoms with Crippen LogP contribution in [0.5, 0.6) is 0 Å². The van der Waals surface area contributed by atoms with Crippen LogP contribution in [0, 0.1) is 11.8 Å². The van der Waals surface area contributed by atoms with Crippen LogP contribution in [0.25, 0.3) is 10.9 Å². The highest BCUT2D eigenvalue weighted by Crippen LogP contribution is 2.30. The first kappa shape index (κ1) is 53.9. The van der Waals surface area contributed by atoms with Crippen LogP contribution in [0.4, 0.5) is 0 Å². The maximum atomic E-state index is 14.8. The van der Waals surface area contributed by atoms with Crippen LogP contribution in [0.3, 0.4) is 0 Å². The van der Waals surface area contributed by atoms with Crippen LogP contribution in [0.2, 0.25) is 0 Å². The number of thioether (sulfide) groups is 1. The van der Waals surface area contributed by atoms with Gasteiger partial charge in [-0.15, -0.1) is 11.8 Å². The van der Waals surface area contributed by atoms with E-state index in [4.69, 9.17) is 9.47 Å². The number of amides is 8. The van der Waals surface area contributed by atoms with Crippen molar-refractivity contribution in [1.29, 1.82) is 0 Å². The van der Waals surface area contributed by atoms with E-state index in [1.807, 2.05) is 12.1 Å². The van der Waals surface area contributed by atoms with Crippen LogP contribution >= 0.6 is 11.8 Å². The van der Waals surface area contributed by atoms with Crippen LogP contribution in [0.1, 0.15) is 72.8 Å². The van der Waals surface area contributed by atoms with Gasteiger partial charge in [0.05, 0.1) is 24.5 Å². The number of hydrogen-bond donors (Lipinski definition) is 9. The molecule has 23 nitrogen and oxygen atoms in total. The van der Waals surface area contributed by atoms with Gasteiger partial charge in [-0.2, -0.15) is 0 Å². The van der Waals surface area contributed by atoms with E-state index in [9.17, 15) is 57.8 Å². The molecule has 0 aliphatic carbocycles. The summed E-state index contributed by atoms with van der Waals surface area (Å²) < 4.78 is 10.6. The van der Waals surface area contributed by atoms with Crippen molar-refractivity contribution in [3.05, 3.63) is 29.8 Å². The van der Waals surface area contributed by atoms with Gasteiger partial charge >= 0.3 is 17.9 Å². The molecule has 0 spiro atoms. The molecule has 4 rings (SSSR count). The van der Waals surface area contributed by atoms with Gasteiger partial charge in [-0.25, -0.2) is 0 Å². The number of aromatic amines is 1. The third kappa shape index (κ3) is 14.6. The lowest BCUT2D eigenvalue weighted by molar-refractivity contribution is -0.161. The molecule has 9 atom stereocenters. The number of carboxylic acid groups (broad SMARTS) is 1. The SMILES string of the molecule is CC[C@H](C)[C@@H]1NC(=O)CNC(=O)[C@H](Cc2c(SC)[nH]c3ccccc23)NC(=O)[C@H]([C@@H](C)[C@@H](COC(C)=O)OC(C)=O)NC(=O)[C@@H]2CCCN2C(=O)C(CC(=O)O)NC(=O)[C@H](C)NC(=O)CNC1=O. The summed E-state index contributed by atoms with van der Waals surface area (Å²) in [6.07, 6.45) is 0.00676. The monoisotopic (exact) mass is 971 g/mol. The summed E-state index contributed by atoms with van der Waals surface area (Å²) in [5.74, 6) is -11.8. The van der Waals surface area contributed by atoms with Crippen molar-refractivity contribution in [2.24, 2.45) is 11.8 Å². The number of rotatable bonds is 12. The Balaban J connectivity index is 1.83. The lowest BCUT2D eigenvalue weighted by Crippen LogP contribution is -2.62. The summed E-state index contributed by atoms with van der Waals surface area (Å²) in [6, 6.07) is -1.58. The number of nitrogens with one attached hydrogen (secondary N) is 8. The summed E-state index contributed by atoms with van der Waals surface area (Å²) in [4.78, 5) is 151. The third-order valence-corrected chi connectivity index (χ3v) is 12.5. The Morgan fingerprint density at radius 3 is 2.09 bits per heavy atom. The molecule has 1 aromatic carbocycles. The van der Waals surface area contributed by atoms with Crippen molar-refractivity contribution in [2.75, 3.05) is 32.5 Å². The summed E-state index contributed by atoms with van der Waals surface area (Å²) in [7, 11) is 0. The number of hydrogen-bond acceptors (Lipinski definition) is 14. The van der Waals surface area contributed by atoms with Gasteiger partial charge in [0.15, 0.2) is 0 Å². The number of carbonyl (C=O) groups is 11. The predicted molar refractivity (Wildman–Crippen MR) is 243 cm³/mol. The Bertz CT molecular complexity index is 2250. The minimum absolute atomic E-state index is 0.0239. The average molecular weight is 972 g/mol. The number of aromatic nitrogens is 1. The fraction of sp³-hybridized carbons (Fsp3) is 0.568. The first-order valence-electron chi connectivity index (χ1n) is 22.2. The number of carboxylic acids is 1. The van der Waals surface area contributed by atoms with Crippen molar-refractivity contribution in [3.63, 3.8) is 0 Å². The van der Waals surface area contributed by atoms with Crippen LogP contribution < -0.4 is 37.2 Å². The van der Waals surface area contributed by atoms with Gasteiger partial charge < -0.3 is 61.7 Å². The van der Waals surface area contributed by atoms with Crippen LogP contribution in [-0.4, -0.2) is 155 Å². The normalized spacial score (nSPS) is 24.3. The van der Waals surface area contributed by atoms with E-state index < -0.39 is 145 Å². The molecule has 2 aliphatic rings. The van der Waals surface area contributed by atoms with E-state index in [0.29, 0.717) is 22.4 Å². The molecule has 372 valence electrons. The van der Waals surface area contributed by atoms with E-state index in [1.54, 1.807) is 32.2 Å². The molecule has 68 heavy (non-hydrogen) atoms. The number of ether oxygens (including phenoxy) is 2. The first-order valence-corrected chi connectivity index (χ1v) is 23.4. The predicted octanol–water partition coefficient (Wildman–Crippen LogP) is -1.24. The number of carbonyl (C=O) groups excluding carboxylic acids is 10. The quantitative estimate of drug-likeness (QED) is 0.0888. The Kier molecular flexibility index (Phi) is 19.7. The Morgan fingerprint density at radius 2 is 1.46 bits per heavy atom.